The van der Waals surface area contributed by atoms with Crippen molar-refractivity contribution in [1.82, 2.24) is 15.0 Å². The number of pyridine rings is 1. The summed E-state index contributed by atoms with van der Waals surface area (Å²) in [5.74, 6) is 0.0367. The molecule has 0 saturated carbocycles. The van der Waals surface area contributed by atoms with Gasteiger partial charge in [-0.2, -0.15) is 0 Å². The number of nitrogens with zero attached hydrogens (tertiary/aromatic N) is 3. The Balaban J connectivity index is 1.57. The standard InChI is InChI=1S/C24H22FN3O3/c1-15-4-6-17(7-5-15)21-14-20(22-16(2)27-31-23(22)26-21)24(29)28(3)12-13-30-19-10-8-18(25)9-11-19/h4-11,14H,12-13H2,1-3H3. The van der Waals surface area contributed by atoms with E-state index in [9.17, 15) is 9.18 Å². The van der Waals surface area contributed by atoms with Gasteiger partial charge in [0.2, 0.25) is 0 Å². The summed E-state index contributed by atoms with van der Waals surface area (Å²) in [5.41, 5.74) is 4.08. The first-order valence-corrected chi connectivity index (χ1v) is 9.90. The van der Waals surface area contributed by atoms with E-state index in [0.29, 0.717) is 40.3 Å². The molecule has 0 bridgehead atoms. The Morgan fingerprint density at radius 1 is 1.10 bits per heavy atom. The summed E-state index contributed by atoms with van der Waals surface area (Å²) in [4.78, 5) is 19.4. The van der Waals surface area contributed by atoms with E-state index in [1.807, 2.05) is 31.2 Å². The zero-order valence-electron chi connectivity index (χ0n) is 17.6. The normalized spacial score (nSPS) is 11.0. The molecule has 1 amide bonds. The van der Waals surface area contributed by atoms with Crippen molar-refractivity contribution in [2.24, 2.45) is 0 Å². The van der Waals surface area contributed by atoms with Crippen LogP contribution < -0.4 is 4.74 Å². The topological polar surface area (TPSA) is 68.5 Å². The Morgan fingerprint density at radius 3 is 2.52 bits per heavy atom. The van der Waals surface area contributed by atoms with E-state index in [4.69, 9.17) is 9.26 Å². The van der Waals surface area contributed by atoms with Crippen LogP contribution in [0, 0.1) is 19.7 Å². The minimum Gasteiger partial charge on any atom is -0.492 e. The van der Waals surface area contributed by atoms with E-state index in [1.165, 1.54) is 12.1 Å². The van der Waals surface area contributed by atoms with Crippen molar-refractivity contribution >= 4 is 17.0 Å². The SMILES string of the molecule is Cc1ccc(-c2cc(C(=O)N(C)CCOc3ccc(F)cc3)c3c(C)noc3n2)cc1. The highest BCUT2D eigenvalue weighted by Gasteiger charge is 2.22. The maximum Gasteiger partial charge on any atom is 0.259 e. The van der Waals surface area contributed by atoms with Crippen LogP contribution in [-0.2, 0) is 0 Å². The number of halogens is 1. The largest absolute Gasteiger partial charge is 0.492 e. The lowest BCUT2D eigenvalue weighted by atomic mass is 10.0. The third-order valence-electron chi connectivity index (χ3n) is 5.05. The molecule has 0 N–H and O–H groups in total. The van der Waals surface area contributed by atoms with Gasteiger partial charge in [0.1, 0.15) is 18.2 Å². The Hall–Kier alpha value is -3.74. The lowest BCUT2D eigenvalue weighted by molar-refractivity contribution is 0.0775. The van der Waals surface area contributed by atoms with Gasteiger partial charge in [-0.1, -0.05) is 35.0 Å². The van der Waals surface area contributed by atoms with Crippen molar-refractivity contribution in [2.75, 3.05) is 20.2 Å². The van der Waals surface area contributed by atoms with Crippen LogP contribution in [0.25, 0.3) is 22.4 Å². The summed E-state index contributed by atoms with van der Waals surface area (Å²) in [5, 5.41) is 4.60. The molecule has 0 atom stereocenters. The van der Waals surface area contributed by atoms with E-state index < -0.39 is 0 Å². The van der Waals surface area contributed by atoms with Gasteiger partial charge in [0.05, 0.1) is 28.9 Å². The second-order valence-corrected chi connectivity index (χ2v) is 7.40. The monoisotopic (exact) mass is 419 g/mol. The molecule has 6 nitrogen and oxygen atoms in total. The molecule has 0 fully saturated rings. The molecular formula is C24H22FN3O3. The van der Waals surface area contributed by atoms with Crippen molar-refractivity contribution in [3.8, 4) is 17.0 Å². The highest BCUT2D eigenvalue weighted by molar-refractivity contribution is 6.06. The fraction of sp³-hybridized carbons (Fsp3) is 0.208. The number of aromatic nitrogens is 2. The number of carbonyl (C=O) groups is 1. The van der Waals surface area contributed by atoms with Gasteiger partial charge in [0.15, 0.2) is 0 Å². The molecule has 31 heavy (non-hydrogen) atoms. The van der Waals surface area contributed by atoms with Gasteiger partial charge in [0, 0.05) is 12.6 Å². The molecule has 0 unspecified atom stereocenters. The minimum atomic E-state index is -0.324. The van der Waals surface area contributed by atoms with Crippen LogP contribution in [-0.4, -0.2) is 41.1 Å². The maximum atomic E-state index is 13.3. The molecule has 4 rings (SSSR count). The fourth-order valence-corrected chi connectivity index (χ4v) is 3.27. The number of likely N-dealkylation sites (N-methyl/N-ethyl adjacent to an activating group) is 1. The molecule has 0 spiro atoms. The molecule has 0 aliphatic rings. The molecule has 158 valence electrons. The van der Waals surface area contributed by atoms with E-state index in [2.05, 4.69) is 10.1 Å². The van der Waals surface area contributed by atoms with Gasteiger partial charge in [-0.3, -0.25) is 4.79 Å². The van der Waals surface area contributed by atoms with Gasteiger partial charge in [-0.25, -0.2) is 9.37 Å². The smallest absolute Gasteiger partial charge is 0.259 e. The van der Waals surface area contributed by atoms with Crippen molar-refractivity contribution in [3.05, 3.63) is 77.2 Å². The zero-order chi connectivity index (χ0) is 22.0. The molecule has 0 aliphatic heterocycles. The Kier molecular flexibility index (Phi) is 5.66. The van der Waals surface area contributed by atoms with Gasteiger partial charge in [-0.05, 0) is 44.2 Å². The predicted octanol–water partition coefficient (Wildman–Crippen LogP) is 4.80. The molecule has 4 aromatic rings. The first-order chi connectivity index (χ1) is 14.9. The van der Waals surface area contributed by atoms with Crippen molar-refractivity contribution in [1.29, 1.82) is 0 Å². The van der Waals surface area contributed by atoms with Crippen molar-refractivity contribution in [3.63, 3.8) is 0 Å². The second kappa shape index (κ2) is 8.55. The summed E-state index contributed by atoms with van der Waals surface area (Å²) in [7, 11) is 1.71. The summed E-state index contributed by atoms with van der Waals surface area (Å²) < 4.78 is 24.0. The number of fused-ring (bicyclic) bond motifs is 1. The molecule has 2 aromatic carbocycles. The molecule has 7 heteroatoms. The summed E-state index contributed by atoms with van der Waals surface area (Å²) in [6.07, 6.45) is 0. The Bertz CT molecular complexity index is 1220. The van der Waals surface area contributed by atoms with Crippen LogP contribution in [0.2, 0.25) is 0 Å². The third-order valence-corrected chi connectivity index (χ3v) is 5.05. The summed E-state index contributed by atoms with van der Waals surface area (Å²) >= 11 is 0. The fourth-order valence-electron chi connectivity index (χ4n) is 3.27. The third kappa shape index (κ3) is 4.40. The van der Waals surface area contributed by atoms with Crippen molar-refractivity contribution < 1.29 is 18.4 Å². The van der Waals surface area contributed by atoms with Crippen LogP contribution in [0.4, 0.5) is 4.39 Å². The highest BCUT2D eigenvalue weighted by Crippen LogP contribution is 2.28. The highest BCUT2D eigenvalue weighted by atomic mass is 19.1. The lowest BCUT2D eigenvalue weighted by Crippen LogP contribution is -2.31. The first-order valence-electron chi connectivity index (χ1n) is 9.90. The summed E-state index contributed by atoms with van der Waals surface area (Å²) in [6, 6.07) is 15.5. The molecule has 0 saturated heterocycles. The van der Waals surface area contributed by atoms with E-state index in [0.717, 1.165) is 11.1 Å². The summed E-state index contributed by atoms with van der Waals surface area (Å²) in [6.45, 7) is 4.42. The van der Waals surface area contributed by atoms with Crippen LogP contribution in [0.15, 0.2) is 59.1 Å². The number of ether oxygens (including phenoxy) is 1. The predicted molar refractivity (Wildman–Crippen MR) is 116 cm³/mol. The second-order valence-electron chi connectivity index (χ2n) is 7.40. The number of rotatable bonds is 6. The maximum absolute atomic E-state index is 13.3. The van der Waals surface area contributed by atoms with Crippen LogP contribution >= 0.6 is 0 Å². The molecule has 0 radical (unpaired) electrons. The molecular weight excluding hydrogens is 397 g/mol. The minimum absolute atomic E-state index is 0.185. The zero-order valence-corrected chi connectivity index (χ0v) is 17.6. The lowest BCUT2D eigenvalue weighted by Gasteiger charge is -2.18. The quantitative estimate of drug-likeness (QED) is 0.449. The van der Waals surface area contributed by atoms with E-state index >= 15 is 0 Å². The van der Waals surface area contributed by atoms with Gasteiger partial charge in [-0.15, -0.1) is 0 Å². The average molecular weight is 419 g/mol. The van der Waals surface area contributed by atoms with Crippen LogP contribution in [0.1, 0.15) is 21.6 Å². The van der Waals surface area contributed by atoms with E-state index in [1.54, 1.807) is 37.1 Å². The van der Waals surface area contributed by atoms with E-state index in [-0.39, 0.29) is 18.3 Å². The van der Waals surface area contributed by atoms with Crippen LogP contribution in [0.3, 0.4) is 0 Å². The van der Waals surface area contributed by atoms with Gasteiger partial charge in [0.25, 0.3) is 11.6 Å². The Morgan fingerprint density at radius 2 is 1.81 bits per heavy atom. The van der Waals surface area contributed by atoms with Crippen molar-refractivity contribution in [2.45, 2.75) is 13.8 Å². The number of carbonyl (C=O) groups excluding carboxylic acids is 1. The van der Waals surface area contributed by atoms with Gasteiger partial charge >= 0.3 is 0 Å². The number of benzene rings is 2. The number of aryl methyl sites for hydroxylation is 2. The van der Waals surface area contributed by atoms with Gasteiger partial charge < -0.3 is 14.2 Å². The van der Waals surface area contributed by atoms with Crippen LogP contribution in [0.5, 0.6) is 5.75 Å². The Labute approximate surface area is 179 Å². The number of amides is 1. The molecule has 0 aliphatic carbocycles. The number of hydrogen-bond acceptors (Lipinski definition) is 5. The molecule has 2 aromatic heterocycles. The molecule has 2 heterocycles. The number of hydrogen-bond donors (Lipinski definition) is 0. The first kappa shape index (κ1) is 20.5. The average Bonchev–Trinajstić information content (AvgIpc) is 3.15.